The van der Waals surface area contributed by atoms with Crippen LogP contribution in [0.25, 0.3) is 0 Å². The number of carbonyl (C=O) groups excluding carboxylic acids is 1. The van der Waals surface area contributed by atoms with Crippen molar-refractivity contribution in [3.05, 3.63) is 24.0 Å². The molecule has 1 aromatic heterocycles. The van der Waals surface area contributed by atoms with Gasteiger partial charge in [-0.25, -0.2) is 0 Å². The van der Waals surface area contributed by atoms with E-state index in [1.54, 1.807) is 4.57 Å². The highest BCUT2D eigenvalue weighted by Crippen LogP contribution is 2.09. The van der Waals surface area contributed by atoms with Gasteiger partial charge in [-0.2, -0.15) is 0 Å². The first-order valence-electron chi connectivity index (χ1n) is 4.11. The highest BCUT2D eigenvalue weighted by atomic mass is 16.5. The summed E-state index contributed by atoms with van der Waals surface area (Å²) in [4.78, 5) is 10.9. The topological polar surface area (TPSA) is 57.2 Å². The third-order valence-corrected chi connectivity index (χ3v) is 1.84. The van der Waals surface area contributed by atoms with Crippen molar-refractivity contribution < 1.29 is 9.53 Å². The average molecular weight is 182 g/mol. The highest BCUT2D eigenvalue weighted by molar-refractivity contribution is 5.68. The van der Waals surface area contributed by atoms with Crippen LogP contribution in [0.4, 0.5) is 0 Å². The van der Waals surface area contributed by atoms with Crippen LogP contribution in [0, 0.1) is 0 Å². The summed E-state index contributed by atoms with van der Waals surface area (Å²) in [6.45, 7) is 2.14. The lowest BCUT2D eigenvalue weighted by Crippen LogP contribution is -2.10. The molecule has 13 heavy (non-hydrogen) atoms. The van der Waals surface area contributed by atoms with Crippen molar-refractivity contribution in [3.63, 3.8) is 0 Å². The van der Waals surface area contributed by atoms with E-state index in [0.29, 0.717) is 0 Å². The van der Waals surface area contributed by atoms with Gasteiger partial charge in [0, 0.05) is 18.4 Å². The molecule has 1 atom stereocenters. The van der Waals surface area contributed by atoms with Crippen molar-refractivity contribution in [2.75, 3.05) is 7.11 Å². The van der Waals surface area contributed by atoms with E-state index in [4.69, 9.17) is 5.73 Å². The SMILES string of the molecule is COC(=O)Cn1ccc(C(C)N)c1. The largest absolute Gasteiger partial charge is 0.468 e. The summed E-state index contributed by atoms with van der Waals surface area (Å²) in [6.07, 6.45) is 3.66. The Labute approximate surface area is 77.3 Å². The van der Waals surface area contributed by atoms with Crippen LogP contribution >= 0.6 is 0 Å². The van der Waals surface area contributed by atoms with Gasteiger partial charge in [-0.1, -0.05) is 0 Å². The smallest absolute Gasteiger partial charge is 0.325 e. The van der Waals surface area contributed by atoms with Crippen LogP contribution < -0.4 is 5.73 Å². The summed E-state index contributed by atoms with van der Waals surface area (Å²) in [7, 11) is 1.37. The summed E-state index contributed by atoms with van der Waals surface area (Å²) in [5.74, 6) is -0.258. The number of nitrogens with two attached hydrogens (primary N) is 1. The van der Waals surface area contributed by atoms with E-state index >= 15 is 0 Å². The molecule has 0 saturated carbocycles. The first-order valence-corrected chi connectivity index (χ1v) is 4.11. The number of aromatic nitrogens is 1. The second kappa shape index (κ2) is 4.09. The Morgan fingerprint density at radius 1 is 1.77 bits per heavy atom. The zero-order chi connectivity index (χ0) is 9.84. The molecule has 0 fully saturated rings. The van der Waals surface area contributed by atoms with Crippen LogP contribution in [-0.2, 0) is 16.1 Å². The average Bonchev–Trinajstić information content (AvgIpc) is 2.52. The molecule has 0 amide bonds. The second-order valence-electron chi connectivity index (χ2n) is 2.98. The van der Waals surface area contributed by atoms with E-state index in [1.165, 1.54) is 7.11 Å². The van der Waals surface area contributed by atoms with Gasteiger partial charge in [0.15, 0.2) is 0 Å². The Hall–Kier alpha value is -1.29. The van der Waals surface area contributed by atoms with Crippen molar-refractivity contribution in [2.45, 2.75) is 19.5 Å². The Kier molecular flexibility index (Phi) is 3.08. The fourth-order valence-electron chi connectivity index (χ4n) is 1.04. The molecule has 2 N–H and O–H groups in total. The van der Waals surface area contributed by atoms with Gasteiger partial charge < -0.3 is 15.0 Å². The van der Waals surface area contributed by atoms with Gasteiger partial charge in [-0.05, 0) is 18.6 Å². The van der Waals surface area contributed by atoms with E-state index in [0.717, 1.165) is 5.56 Å². The van der Waals surface area contributed by atoms with Crippen LogP contribution in [0.15, 0.2) is 18.5 Å². The van der Waals surface area contributed by atoms with Crippen molar-refractivity contribution in [1.29, 1.82) is 0 Å². The van der Waals surface area contributed by atoms with E-state index in [-0.39, 0.29) is 18.6 Å². The van der Waals surface area contributed by atoms with Crippen molar-refractivity contribution >= 4 is 5.97 Å². The highest BCUT2D eigenvalue weighted by Gasteiger charge is 2.04. The fraction of sp³-hybridized carbons (Fsp3) is 0.444. The first kappa shape index (κ1) is 9.80. The molecule has 0 radical (unpaired) electrons. The number of esters is 1. The molecule has 72 valence electrons. The molecular weight excluding hydrogens is 168 g/mol. The number of hydrogen-bond acceptors (Lipinski definition) is 3. The molecule has 1 unspecified atom stereocenters. The minimum atomic E-state index is -0.258. The Morgan fingerprint density at radius 2 is 2.46 bits per heavy atom. The molecular formula is C9H14N2O2. The third kappa shape index (κ3) is 2.59. The third-order valence-electron chi connectivity index (χ3n) is 1.84. The number of carbonyl (C=O) groups is 1. The maximum atomic E-state index is 10.9. The number of methoxy groups -OCH3 is 1. The zero-order valence-electron chi connectivity index (χ0n) is 7.86. The van der Waals surface area contributed by atoms with Gasteiger partial charge >= 0.3 is 5.97 Å². The molecule has 1 heterocycles. The van der Waals surface area contributed by atoms with Crippen molar-refractivity contribution in [1.82, 2.24) is 4.57 Å². The van der Waals surface area contributed by atoms with Crippen LogP contribution in [0.3, 0.4) is 0 Å². The quantitative estimate of drug-likeness (QED) is 0.699. The van der Waals surface area contributed by atoms with E-state index in [2.05, 4.69) is 4.74 Å². The van der Waals surface area contributed by atoms with Crippen molar-refractivity contribution in [2.24, 2.45) is 5.73 Å². The van der Waals surface area contributed by atoms with E-state index in [1.807, 2.05) is 25.4 Å². The summed E-state index contributed by atoms with van der Waals surface area (Å²) in [6, 6.07) is 1.90. The molecule has 0 aliphatic carbocycles. The normalized spacial score (nSPS) is 12.5. The van der Waals surface area contributed by atoms with E-state index in [9.17, 15) is 4.79 Å². The molecule has 4 heteroatoms. The summed E-state index contributed by atoms with van der Waals surface area (Å²) >= 11 is 0. The second-order valence-corrected chi connectivity index (χ2v) is 2.98. The molecule has 0 bridgehead atoms. The molecule has 0 spiro atoms. The lowest BCUT2D eigenvalue weighted by molar-refractivity contribution is -0.141. The Morgan fingerprint density at radius 3 is 2.92 bits per heavy atom. The molecule has 0 aromatic carbocycles. The van der Waals surface area contributed by atoms with E-state index < -0.39 is 0 Å². The first-order chi connectivity index (χ1) is 6.13. The van der Waals surface area contributed by atoms with Gasteiger partial charge in [0.25, 0.3) is 0 Å². The molecule has 0 aliphatic heterocycles. The van der Waals surface area contributed by atoms with Crippen LogP contribution in [0.1, 0.15) is 18.5 Å². The van der Waals surface area contributed by atoms with Gasteiger partial charge in [-0.15, -0.1) is 0 Å². The maximum Gasteiger partial charge on any atom is 0.325 e. The lowest BCUT2D eigenvalue weighted by Gasteiger charge is -2.01. The predicted octanol–water partition coefficient (Wildman–Crippen LogP) is 0.681. The molecule has 0 aliphatic rings. The lowest BCUT2D eigenvalue weighted by atomic mass is 10.2. The molecule has 1 aromatic rings. The zero-order valence-corrected chi connectivity index (χ0v) is 7.86. The Bertz CT molecular complexity index is 292. The van der Waals surface area contributed by atoms with Crippen LogP contribution in [-0.4, -0.2) is 17.6 Å². The van der Waals surface area contributed by atoms with Gasteiger partial charge in [0.2, 0.25) is 0 Å². The summed E-state index contributed by atoms with van der Waals surface area (Å²) < 4.78 is 6.29. The summed E-state index contributed by atoms with van der Waals surface area (Å²) in [5, 5.41) is 0. The molecule has 1 rings (SSSR count). The minimum Gasteiger partial charge on any atom is -0.468 e. The number of ether oxygens (including phenoxy) is 1. The Balaban J connectivity index is 2.64. The van der Waals surface area contributed by atoms with Gasteiger partial charge in [0.1, 0.15) is 6.54 Å². The molecule has 0 saturated heterocycles. The summed E-state index contributed by atoms with van der Waals surface area (Å²) in [5.41, 5.74) is 6.68. The van der Waals surface area contributed by atoms with Gasteiger partial charge in [0.05, 0.1) is 7.11 Å². The van der Waals surface area contributed by atoms with Crippen LogP contribution in [0.2, 0.25) is 0 Å². The monoisotopic (exact) mass is 182 g/mol. The molecule has 4 nitrogen and oxygen atoms in total. The number of rotatable bonds is 3. The van der Waals surface area contributed by atoms with Gasteiger partial charge in [-0.3, -0.25) is 4.79 Å². The standard InChI is InChI=1S/C9H14N2O2/c1-7(10)8-3-4-11(5-8)6-9(12)13-2/h3-5,7H,6,10H2,1-2H3. The fourth-order valence-corrected chi connectivity index (χ4v) is 1.04. The number of nitrogens with zero attached hydrogens (tertiary/aromatic N) is 1. The minimum absolute atomic E-state index is 0.00102. The van der Waals surface area contributed by atoms with Crippen molar-refractivity contribution in [3.8, 4) is 0 Å². The van der Waals surface area contributed by atoms with Crippen LogP contribution in [0.5, 0.6) is 0 Å². The maximum absolute atomic E-state index is 10.9. The number of hydrogen-bond donors (Lipinski definition) is 1. The predicted molar refractivity (Wildman–Crippen MR) is 49.1 cm³/mol.